The molecule has 1 N–H and O–H groups in total. The van der Waals surface area contributed by atoms with E-state index in [0.29, 0.717) is 0 Å². The average molecular weight is 323 g/mol. The molecule has 1 amide bonds. The van der Waals surface area contributed by atoms with Crippen molar-refractivity contribution in [2.45, 2.75) is 25.8 Å². The van der Waals surface area contributed by atoms with Gasteiger partial charge in [-0.05, 0) is 28.2 Å². The summed E-state index contributed by atoms with van der Waals surface area (Å²) in [5.74, 6) is 0.0554. The molecule has 124 valence electrons. The van der Waals surface area contributed by atoms with Crippen LogP contribution in [0, 0.1) is 5.92 Å². The molecule has 1 aliphatic carbocycles. The van der Waals surface area contributed by atoms with Gasteiger partial charge in [0.1, 0.15) is 12.9 Å². The van der Waals surface area contributed by atoms with Gasteiger partial charge in [0.15, 0.2) is 0 Å². The third kappa shape index (κ3) is 3.04. The van der Waals surface area contributed by atoms with Crippen LogP contribution in [0.4, 0.5) is 4.79 Å². The van der Waals surface area contributed by atoms with Crippen molar-refractivity contribution in [3.8, 4) is 11.1 Å². The average Bonchev–Trinajstić information content (AvgIpc) is 2.91. The van der Waals surface area contributed by atoms with Gasteiger partial charge in [0, 0.05) is 5.92 Å². The second-order valence-corrected chi connectivity index (χ2v) is 6.38. The molecule has 0 saturated heterocycles. The number of fused-ring (bicyclic) bond motifs is 3. The highest BCUT2D eigenvalue weighted by Crippen LogP contribution is 2.44. The number of hydrogen-bond donors (Lipinski definition) is 1. The number of ether oxygens (including phenoxy) is 1. The van der Waals surface area contributed by atoms with Gasteiger partial charge < -0.3 is 14.8 Å². The van der Waals surface area contributed by atoms with Gasteiger partial charge in [0.05, 0.1) is 6.04 Å². The predicted molar refractivity (Wildman–Crippen MR) is 92.9 cm³/mol. The van der Waals surface area contributed by atoms with Gasteiger partial charge in [0.2, 0.25) is 0 Å². The Bertz CT molecular complexity index is 709. The topological polar surface area (TPSA) is 55.4 Å². The van der Waals surface area contributed by atoms with Crippen LogP contribution in [0.3, 0.4) is 0 Å². The maximum Gasteiger partial charge on any atom is 0.407 e. The van der Waals surface area contributed by atoms with Crippen LogP contribution in [0.15, 0.2) is 48.5 Å². The summed E-state index contributed by atoms with van der Waals surface area (Å²) in [5, 5.41) is 2.61. The number of carbonyl (C=O) groups is 2. The lowest BCUT2D eigenvalue weighted by molar-refractivity contribution is -0.110. The smallest absolute Gasteiger partial charge is 0.407 e. The molecule has 0 aromatic heterocycles. The minimum absolute atomic E-state index is 0.0249. The van der Waals surface area contributed by atoms with Crippen LogP contribution in [-0.2, 0) is 9.53 Å². The molecule has 0 saturated carbocycles. The molecule has 0 aliphatic heterocycles. The van der Waals surface area contributed by atoms with Crippen molar-refractivity contribution in [1.82, 2.24) is 5.32 Å². The maximum atomic E-state index is 12.0. The number of rotatable bonds is 5. The summed E-state index contributed by atoms with van der Waals surface area (Å²) in [4.78, 5) is 23.0. The van der Waals surface area contributed by atoms with Gasteiger partial charge >= 0.3 is 6.09 Å². The molecule has 4 heteroatoms. The van der Waals surface area contributed by atoms with Gasteiger partial charge in [-0.25, -0.2) is 4.79 Å². The summed E-state index contributed by atoms with van der Waals surface area (Å²) in [6, 6.07) is 15.8. The van der Waals surface area contributed by atoms with Crippen LogP contribution in [0.2, 0.25) is 0 Å². The molecular formula is C20H21NO3. The molecule has 4 nitrogen and oxygen atoms in total. The summed E-state index contributed by atoms with van der Waals surface area (Å²) in [7, 11) is 0. The van der Waals surface area contributed by atoms with E-state index in [4.69, 9.17) is 4.74 Å². The van der Waals surface area contributed by atoms with Crippen molar-refractivity contribution in [2.75, 3.05) is 6.61 Å². The molecular weight excluding hydrogens is 302 g/mol. The van der Waals surface area contributed by atoms with E-state index in [-0.39, 0.29) is 18.4 Å². The summed E-state index contributed by atoms with van der Waals surface area (Å²) >= 11 is 0. The molecule has 1 aliphatic rings. The number of hydrogen-bond acceptors (Lipinski definition) is 3. The van der Waals surface area contributed by atoms with Crippen LogP contribution in [0.5, 0.6) is 0 Å². The zero-order valence-corrected chi connectivity index (χ0v) is 13.9. The number of alkyl carbamates (subject to hydrolysis) is 1. The Kier molecular flexibility index (Phi) is 4.65. The molecule has 2 aromatic carbocycles. The van der Waals surface area contributed by atoms with E-state index >= 15 is 0 Å². The minimum Gasteiger partial charge on any atom is -0.449 e. The van der Waals surface area contributed by atoms with Crippen molar-refractivity contribution in [1.29, 1.82) is 0 Å². The first-order valence-corrected chi connectivity index (χ1v) is 8.18. The molecule has 0 heterocycles. The Labute approximate surface area is 141 Å². The van der Waals surface area contributed by atoms with E-state index in [9.17, 15) is 9.59 Å². The van der Waals surface area contributed by atoms with Gasteiger partial charge in [-0.3, -0.25) is 0 Å². The zero-order valence-electron chi connectivity index (χ0n) is 13.9. The Morgan fingerprint density at radius 1 is 1.08 bits per heavy atom. The summed E-state index contributed by atoms with van der Waals surface area (Å²) in [5.41, 5.74) is 4.72. The number of nitrogens with one attached hydrogen (secondary N) is 1. The molecule has 0 fully saturated rings. The van der Waals surface area contributed by atoms with E-state index in [2.05, 4.69) is 29.6 Å². The predicted octanol–water partition coefficient (Wildman–Crippen LogP) is 3.75. The molecule has 0 bridgehead atoms. The van der Waals surface area contributed by atoms with E-state index in [1.54, 1.807) is 0 Å². The quantitative estimate of drug-likeness (QED) is 0.853. The Morgan fingerprint density at radius 3 is 2.12 bits per heavy atom. The molecule has 24 heavy (non-hydrogen) atoms. The van der Waals surface area contributed by atoms with E-state index in [1.807, 2.05) is 38.1 Å². The standard InChI is InChI=1S/C20H21NO3/c1-13(2)19(11-22)21-20(23)24-12-18-16-9-5-3-7-14(16)15-8-4-6-10-17(15)18/h3-11,13,18-19H,12H2,1-2H3,(H,21,23). The Hall–Kier alpha value is -2.62. The van der Waals surface area contributed by atoms with Crippen LogP contribution in [0.25, 0.3) is 11.1 Å². The molecule has 1 unspecified atom stereocenters. The van der Waals surface area contributed by atoms with Gasteiger partial charge in [-0.15, -0.1) is 0 Å². The first kappa shape index (κ1) is 16.2. The number of benzene rings is 2. The zero-order chi connectivity index (χ0) is 17.1. The highest BCUT2D eigenvalue weighted by atomic mass is 16.5. The second kappa shape index (κ2) is 6.87. The summed E-state index contributed by atoms with van der Waals surface area (Å²) in [6.07, 6.45) is 0.189. The highest BCUT2D eigenvalue weighted by molar-refractivity contribution is 5.79. The van der Waals surface area contributed by atoms with E-state index < -0.39 is 12.1 Å². The fourth-order valence-electron chi connectivity index (χ4n) is 3.13. The van der Waals surface area contributed by atoms with Gasteiger partial charge in [-0.1, -0.05) is 62.4 Å². The van der Waals surface area contributed by atoms with Crippen LogP contribution < -0.4 is 5.32 Å². The monoisotopic (exact) mass is 323 g/mol. The normalized spacial score (nSPS) is 14.0. The van der Waals surface area contributed by atoms with Gasteiger partial charge in [-0.2, -0.15) is 0 Å². The van der Waals surface area contributed by atoms with E-state index in [1.165, 1.54) is 22.3 Å². The summed E-state index contributed by atoms with van der Waals surface area (Å²) < 4.78 is 5.41. The number of carbonyl (C=O) groups excluding carboxylic acids is 2. The third-order valence-electron chi connectivity index (χ3n) is 4.49. The molecule has 0 spiro atoms. The fourth-order valence-corrected chi connectivity index (χ4v) is 3.13. The van der Waals surface area contributed by atoms with Crippen molar-refractivity contribution < 1.29 is 14.3 Å². The molecule has 3 rings (SSSR count). The number of aldehydes is 1. The van der Waals surface area contributed by atoms with Gasteiger partial charge in [0.25, 0.3) is 0 Å². The highest BCUT2D eigenvalue weighted by Gasteiger charge is 2.29. The van der Waals surface area contributed by atoms with Crippen molar-refractivity contribution in [2.24, 2.45) is 5.92 Å². The lowest BCUT2D eigenvalue weighted by Crippen LogP contribution is -2.40. The SMILES string of the molecule is CC(C)C(C=O)NC(=O)OCC1c2ccccc2-c2ccccc21. The lowest BCUT2D eigenvalue weighted by atomic mass is 9.98. The van der Waals surface area contributed by atoms with Crippen LogP contribution in [-0.4, -0.2) is 25.0 Å². The minimum atomic E-state index is -0.553. The fraction of sp³-hybridized carbons (Fsp3) is 0.300. The van der Waals surface area contributed by atoms with Crippen molar-refractivity contribution in [3.63, 3.8) is 0 Å². The number of amides is 1. The third-order valence-corrected chi connectivity index (χ3v) is 4.49. The molecule has 1 atom stereocenters. The first-order valence-electron chi connectivity index (χ1n) is 8.18. The van der Waals surface area contributed by atoms with E-state index in [0.717, 1.165) is 6.29 Å². The largest absolute Gasteiger partial charge is 0.449 e. The lowest BCUT2D eigenvalue weighted by Gasteiger charge is -2.18. The first-order chi connectivity index (χ1) is 11.6. The second-order valence-electron chi connectivity index (χ2n) is 6.38. The van der Waals surface area contributed by atoms with Crippen LogP contribution >= 0.6 is 0 Å². The van der Waals surface area contributed by atoms with Crippen molar-refractivity contribution >= 4 is 12.4 Å². The molecule has 2 aromatic rings. The van der Waals surface area contributed by atoms with Crippen molar-refractivity contribution in [3.05, 3.63) is 59.7 Å². The maximum absolute atomic E-state index is 12.0. The Morgan fingerprint density at radius 2 is 1.62 bits per heavy atom. The Balaban J connectivity index is 1.74. The summed E-state index contributed by atoms with van der Waals surface area (Å²) in [6.45, 7) is 4.01. The van der Waals surface area contributed by atoms with Crippen LogP contribution in [0.1, 0.15) is 30.9 Å². The molecule has 0 radical (unpaired) electrons.